The summed E-state index contributed by atoms with van der Waals surface area (Å²) in [5, 5.41) is 3.95. The second-order valence-electron chi connectivity index (χ2n) is 11.6. The molecule has 0 spiro atoms. The number of nitrogens with one attached hydrogen (secondary N) is 1. The summed E-state index contributed by atoms with van der Waals surface area (Å²) >= 11 is 19.5. The summed E-state index contributed by atoms with van der Waals surface area (Å²) in [5.41, 5.74) is 1.50. The van der Waals surface area contributed by atoms with Gasteiger partial charge in [-0.2, -0.15) is 0 Å². The summed E-state index contributed by atoms with van der Waals surface area (Å²) in [4.78, 5) is 30.3. The van der Waals surface area contributed by atoms with Crippen molar-refractivity contribution in [3.8, 4) is 0 Å². The van der Waals surface area contributed by atoms with Gasteiger partial charge in [0.25, 0.3) is 10.0 Å². The van der Waals surface area contributed by atoms with Crippen LogP contribution in [0.2, 0.25) is 15.1 Å². The maximum Gasteiger partial charge on any atom is 0.264 e. The van der Waals surface area contributed by atoms with Gasteiger partial charge in [0.05, 0.1) is 15.6 Å². The zero-order valence-electron chi connectivity index (χ0n) is 25.7. The van der Waals surface area contributed by atoms with Crippen LogP contribution < -0.4 is 9.62 Å². The Morgan fingerprint density at radius 3 is 2.11 bits per heavy atom. The van der Waals surface area contributed by atoms with Crippen LogP contribution in [0.5, 0.6) is 0 Å². The van der Waals surface area contributed by atoms with E-state index in [2.05, 4.69) is 5.32 Å². The van der Waals surface area contributed by atoms with E-state index >= 15 is 0 Å². The average Bonchev–Trinajstić information content (AvgIpc) is 3.08. The number of nitrogens with zero attached hydrogens (tertiary/aromatic N) is 2. The molecule has 1 aliphatic carbocycles. The van der Waals surface area contributed by atoms with Crippen LogP contribution in [0.4, 0.5) is 5.69 Å². The molecule has 0 heterocycles. The van der Waals surface area contributed by atoms with Crippen LogP contribution in [0.15, 0.2) is 108 Å². The molecule has 0 aromatic heterocycles. The Morgan fingerprint density at radius 1 is 0.787 bits per heavy atom. The van der Waals surface area contributed by atoms with E-state index < -0.39 is 28.5 Å². The molecule has 1 aliphatic rings. The van der Waals surface area contributed by atoms with Gasteiger partial charge in [-0.1, -0.05) is 121 Å². The molecule has 0 saturated heterocycles. The molecule has 4 aromatic carbocycles. The van der Waals surface area contributed by atoms with E-state index in [1.165, 1.54) is 35.2 Å². The van der Waals surface area contributed by atoms with E-state index in [1.807, 2.05) is 30.3 Å². The Labute approximate surface area is 291 Å². The highest BCUT2D eigenvalue weighted by molar-refractivity contribution is 7.92. The smallest absolute Gasteiger partial charge is 0.264 e. The summed E-state index contributed by atoms with van der Waals surface area (Å²) in [6.07, 6.45) is 5.08. The fourth-order valence-corrected chi connectivity index (χ4v) is 7.90. The number of carbonyl (C=O) groups is 2. The Hall–Kier alpha value is -3.56. The van der Waals surface area contributed by atoms with Crippen molar-refractivity contribution in [2.45, 2.75) is 62.0 Å². The lowest BCUT2D eigenvalue weighted by Crippen LogP contribution is -2.55. The fraction of sp³-hybridized carbons (Fsp3) is 0.278. The Kier molecular flexibility index (Phi) is 11.9. The first-order valence-corrected chi connectivity index (χ1v) is 18.1. The standard InChI is InChI=1S/C36H36Cl3N3O4S/c37-28-20-21-32(39)33(23-28)42(47(45,46)30-17-8-3-9-18-30)25-35(43)41(24-27-14-10-11-19-31(27)38)34(22-26-12-4-1-5-13-26)36(44)40-29-15-6-2-7-16-29/h1,3-5,8-14,17-21,23,29,34H,2,6-7,15-16,22,24-25H2,(H,40,44). The van der Waals surface area contributed by atoms with Crippen molar-refractivity contribution in [2.24, 2.45) is 0 Å². The van der Waals surface area contributed by atoms with Gasteiger partial charge in [0.2, 0.25) is 11.8 Å². The maximum atomic E-state index is 14.7. The van der Waals surface area contributed by atoms with Gasteiger partial charge in [0.15, 0.2) is 0 Å². The van der Waals surface area contributed by atoms with Crippen LogP contribution >= 0.6 is 34.8 Å². The molecule has 0 bridgehead atoms. The van der Waals surface area contributed by atoms with Crippen LogP contribution in [-0.2, 0) is 32.6 Å². The predicted octanol–water partition coefficient (Wildman–Crippen LogP) is 7.93. The normalized spacial score (nSPS) is 14.3. The molecule has 4 aromatic rings. The summed E-state index contributed by atoms with van der Waals surface area (Å²) in [5.74, 6) is -0.917. The van der Waals surface area contributed by atoms with Crippen LogP contribution in [0.25, 0.3) is 0 Å². The van der Waals surface area contributed by atoms with Crippen molar-refractivity contribution in [2.75, 3.05) is 10.8 Å². The van der Waals surface area contributed by atoms with Crippen LogP contribution in [0, 0.1) is 0 Å². The number of amides is 2. The zero-order chi connectivity index (χ0) is 33.4. The van der Waals surface area contributed by atoms with Crippen LogP contribution in [-0.4, -0.2) is 43.8 Å². The monoisotopic (exact) mass is 711 g/mol. The molecule has 47 heavy (non-hydrogen) atoms. The number of rotatable bonds is 12. The topological polar surface area (TPSA) is 86.8 Å². The first-order valence-electron chi connectivity index (χ1n) is 15.5. The van der Waals surface area contributed by atoms with Crippen molar-refractivity contribution in [1.29, 1.82) is 0 Å². The van der Waals surface area contributed by atoms with Crippen molar-refractivity contribution in [1.82, 2.24) is 10.2 Å². The van der Waals surface area contributed by atoms with E-state index in [0.717, 1.165) is 42.0 Å². The fourth-order valence-electron chi connectivity index (χ4n) is 5.82. The summed E-state index contributed by atoms with van der Waals surface area (Å²) < 4.78 is 29.3. The second-order valence-corrected chi connectivity index (χ2v) is 14.7. The number of hydrogen-bond donors (Lipinski definition) is 1. The number of anilines is 1. The van der Waals surface area contributed by atoms with Crippen molar-refractivity contribution >= 4 is 62.3 Å². The van der Waals surface area contributed by atoms with Gasteiger partial charge in [-0.05, 0) is 60.4 Å². The number of sulfonamides is 1. The lowest BCUT2D eigenvalue weighted by atomic mass is 9.94. The largest absolute Gasteiger partial charge is 0.352 e. The molecule has 1 saturated carbocycles. The SMILES string of the molecule is O=C(NC1CCCCC1)C(Cc1ccccc1)N(Cc1ccccc1Cl)C(=O)CN(c1cc(Cl)ccc1Cl)S(=O)(=O)c1ccccc1. The quantitative estimate of drug-likeness (QED) is 0.162. The Bertz CT molecular complexity index is 1790. The minimum atomic E-state index is -4.31. The molecule has 0 radical (unpaired) electrons. The molecule has 7 nitrogen and oxygen atoms in total. The number of benzene rings is 4. The first-order chi connectivity index (χ1) is 22.6. The highest BCUT2D eigenvalue weighted by atomic mass is 35.5. The summed E-state index contributed by atoms with van der Waals surface area (Å²) in [6, 6.07) is 27.8. The van der Waals surface area contributed by atoms with Crippen LogP contribution in [0.1, 0.15) is 43.2 Å². The lowest BCUT2D eigenvalue weighted by Gasteiger charge is -2.35. The van der Waals surface area contributed by atoms with Gasteiger partial charge < -0.3 is 10.2 Å². The van der Waals surface area contributed by atoms with Gasteiger partial charge in [0.1, 0.15) is 12.6 Å². The zero-order valence-corrected chi connectivity index (χ0v) is 28.8. The van der Waals surface area contributed by atoms with E-state index in [0.29, 0.717) is 10.6 Å². The number of hydrogen-bond acceptors (Lipinski definition) is 4. The highest BCUT2D eigenvalue weighted by Crippen LogP contribution is 2.33. The van der Waals surface area contributed by atoms with Crippen molar-refractivity contribution in [3.63, 3.8) is 0 Å². The van der Waals surface area contributed by atoms with E-state index in [1.54, 1.807) is 42.5 Å². The van der Waals surface area contributed by atoms with Gasteiger partial charge in [-0.15, -0.1) is 0 Å². The Balaban J connectivity index is 1.59. The number of carbonyl (C=O) groups excluding carboxylic acids is 2. The summed E-state index contributed by atoms with van der Waals surface area (Å²) in [7, 11) is -4.31. The third-order valence-electron chi connectivity index (χ3n) is 8.31. The minimum absolute atomic E-state index is 0.00740. The molecule has 2 amide bonds. The van der Waals surface area contributed by atoms with E-state index in [4.69, 9.17) is 34.8 Å². The maximum absolute atomic E-state index is 14.7. The molecule has 0 aliphatic heterocycles. The van der Waals surface area contributed by atoms with E-state index in [-0.39, 0.29) is 45.5 Å². The summed E-state index contributed by atoms with van der Waals surface area (Å²) in [6.45, 7) is -0.680. The van der Waals surface area contributed by atoms with E-state index in [9.17, 15) is 18.0 Å². The molecule has 1 unspecified atom stereocenters. The van der Waals surface area contributed by atoms with Gasteiger partial charge >= 0.3 is 0 Å². The van der Waals surface area contributed by atoms with Gasteiger partial charge in [-0.3, -0.25) is 13.9 Å². The molecule has 1 atom stereocenters. The molecular formula is C36H36Cl3N3O4S. The highest BCUT2D eigenvalue weighted by Gasteiger charge is 2.36. The van der Waals surface area contributed by atoms with Gasteiger partial charge in [0, 0.05) is 29.1 Å². The number of halogens is 3. The third kappa shape index (κ3) is 8.87. The lowest BCUT2D eigenvalue weighted by molar-refractivity contribution is -0.140. The molecular weight excluding hydrogens is 677 g/mol. The van der Waals surface area contributed by atoms with Crippen LogP contribution in [0.3, 0.4) is 0 Å². The molecule has 1 fully saturated rings. The molecule has 1 N–H and O–H groups in total. The molecule has 5 rings (SSSR count). The van der Waals surface area contributed by atoms with Crippen molar-refractivity contribution in [3.05, 3.63) is 129 Å². The third-order valence-corrected chi connectivity index (χ3v) is 11.0. The van der Waals surface area contributed by atoms with Gasteiger partial charge in [-0.25, -0.2) is 8.42 Å². The molecule has 246 valence electrons. The first kappa shape index (κ1) is 34.8. The minimum Gasteiger partial charge on any atom is -0.352 e. The second kappa shape index (κ2) is 16.0. The Morgan fingerprint density at radius 2 is 1.43 bits per heavy atom. The average molecular weight is 713 g/mol. The predicted molar refractivity (Wildman–Crippen MR) is 188 cm³/mol. The molecule has 11 heteroatoms. The van der Waals surface area contributed by atoms with Crippen molar-refractivity contribution < 1.29 is 18.0 Å².